The summed E-state index contributed by atoms with van der Waals surface area (Å²) in [4.78, 5) is 14.3. The van der Waals surface area contributed by atoms with Crippen LogP contribution < -0.4 is 11.3 Å². The first-order valence-corrected chi connectivity index (χ1v) is 6.61. The quantitative estimate of drug-likeness (QED) is 0.633. The zero-order valence-corrected chi connectivity index (χ0v) is 10.9. The van der Waals surface area contributed by atoms with E-state index < -0.39 is 0 Å². The van der Waals surface area contributed by atoms with Crippen molar-refractivity contribution in [3.63, 3.8) is 0 Å². The number of rotatable bonds is 4. The predicted octanol–water partition coefficient (Wildman–Crippen LogP) is 2.23. The van der Waals surface area contributed by atoms with E-state index in [0.29, 0.717) is 17.2 Å². The number of hydrazine groups is 1. The molecule has 1 atom stereocenters. The van der Waals surface area contributed by atoms with Gasteiger partial charge in [0.2, 0.25) is 0 Å². The van der Waals surface area contributed by atoms with Gasteiger partial charge in [0.1, 0.15) is 0 Å². The Labute approximate surface area is 108 Å². The second-order valence-corrected chi connectivity index (χ2v) is 4.88. The van der Waals surface area contributed by atoms with E-state index in [1.807, 2.05) is 29.2 Å². The molecule has 4 nitrogen and oxygen atoms in total. The average Bonchev–Trinajstić information content (AvgIpc) is 2.87. The van der Waals surface area contributed by atoms with Gasteiger partial charge in [0.25, 0.3) is 5.91 Å². The summed E-state index contributed by atoms with van der Waals surface area (Å²) in [5.74, 6) is 6.19. The Morgan fingerprint density at radius 2 is 2.28 bits per heavy atom. The van der Waals surface area contributed by atoms with Gasteiger partial charge in [-0.05, 0) is 30.9 Å². The third kappa shape index (κ3) is 2.64. The van der Waals surface area contributed by atoms with Crippen LogP contribution in [0.25, 0.3) is 0 Å². The minimum atomic E-state index is 0.0853. The van der Waals surface area contributed by atoms with Crippen LogP contribution in [0.3, 0.4) is 0 Å². The van der Waals surface area contributed by atoms with Crippen LogP contribution in [0, 0.1) is 5.92 Å². The molecule has 1 aromatic carbocycles. The number of likely N-dealkylation sites (tertiary alicyclic amines) is 1. The third-order valence-electron chi connectivity index (χ3n) is 3.58. The fourth-order valence-electron chi connectivity index (χ4n) is 2.63. The smallest absolute Gasteiger partial charge is 0.256 e. The monoisotopic (exact) mass is 247 g/mol. The molecular formula is C14H21N3O. The highest BCUT2D eigenvalue weighted by Crippen LogP contribution is 2.24. The highest BCUT2D eigenvalue weighted by atomic mass is 16.2. The highest BCUT2D eigenvalue weighted by molar-refractivity contribution is 5.99. The number of hydrogen-bond donors (Lipinski definition) is 2. The number of para-hydroxylation sites is 1. The Kier molecular flexibility index (Phi) is 4.20. The van der Waals surface area contributed by atoms with Crippen LogP contribution in [-0.4, -0.2) is 23.9 Å². The summed E-state index contributed by atoms with van der Waals surface area (Å²) < 4.78 is 0. The summed E-state index contributed by atoms with van der Waals surface area (Å²) in [7, 11) is 0. The van der Waals surface area contributed by atoms with Crippen LogP contribution in [0.4, 0.5) is 5.69 Å². The largest absolute Gasteiger partial charge is 0.338 e. The molecule has 0 radical (unpaired) electrons. The molecule has 18 heavy (non-hydrogen) atoms. The molecule has 1 saturated heterocycles. The lowest BCUT2D eigenvalue weighted by Gasteiger charge is -2.18. The molecule has 1 heterocycles. The summed E-state index contributed by atoms with van der Waals surface area (Å²) in [5.41, 5.74) is 3.95. The molecule has 1 aliphatic rings. The topological polar surface area (TPSA) is 58.4 Å². The Morgan fingerprint density at radius 1 is 1.50 bits per heavy atom. The summed E-state index contributed by atoms with van der Waals surface area (Å²) in [6.07, 6.45) is 3.52. The van der Waals surface area contributed by atoms with Gasteiger partial charge in [-0.25, -0.2) is 0 Å². The van der Waals surface area contributed by atoms with Crippen LogP contribution in [0.2, 0.25) is 0 Å². The van der Waals surface area contributed by atoms with E-state index in [2.05, 4.69) is 12.3 Å². The Balaban J connectivity index is 2.08. The number of hydrogen-bond acceptors (Lipinski definition) is 3. The summed E-state index contributed by atoms with van der Waals surface area (Å²) in [6.45, 7) is 3.94. The van der Waals surface area contributed by atoms with Crippen LogP contribution in [-0.2, 0) is 0 Å². The van der Waals surface area contributed by atoms with Crippen molar-refractivity contribution >= 4 is 11.6 Å². The Bertz CT molecular complexity index is 419. The van der Waals surface area contributed by atoms with Gasteiger partial charge in [-0.2, -0.15) is 0 Å². The number of nitrogens with one attached hydrogen (secondary N) is 1. The number of carbonyl (C=O) groups excluding carboxylic acids is 1. The van der Waals surface area contributed by atoms with E-state index in [1.165, 1.54) is 12.8 Å². The summed E-state index contributed by atoms with van der Waals surface area (Å²) in [5, 5.41) is 0. The number of anilines is 1. The van der Waals surface area contributed by atoms with Crippen molar-refractivity contribution in [2.24, 2.45) is 11.8 Å². The van der Waals surface area contributed by atoms with Gasteiger partial charge in [0, 0.05) is 13.1 Å². The predicted molar refractivity (Wildman–Crippen MR) is 73.2 cm³/mol. The van der Waals surface area contributed by atoms with Crippen molar-refractivity contribution in [3.8, 4) is 0 Å². The molecule has 1 aliphatic heterocycles. The number of nitrogens with zero attached hydrogens (tertiary/aromatic N) is 1. The van der Waals surface area contributed by atoms with E-state index in [4.69, 9.17) is 5.84 Å². The molecular weight excluding hydrogens is 226 g/mol. The second-order valence-electron chi connectivity index (χ2n) is 4.88. The van der Waals surface area contributed by atoms with E-state index in [-0.39, 0.29) is 5.91 Å². The van der Waals surface area contributed by atoms with Crippen molar-refractivity contribution in [1.29, 1.82) is 0 Å². The van der Waals surface area contributed by atoms with E-state index in [0.717, 1.165) is 19.5 Å². The number of amides is 1. The Morgan fingerprint density at radius 3 is 3.00 bits per heavy atom. The van der Waals surface area contributed by atoms with Gasteiger partial charge in [-0.3, -0.25) is 10.6 Å². The van der Waals surface area contributed by atoms with E-state index >= 15 is 0 Å². The Hall–Kier alpha value is -1.55. The van der Waals surface area contributed by atoms with Gasteiger partial charge < -0.3 is 10.3 Å². The maximum Gasteiger partial charge on any atom is 0.256 e. The fourth-order valence-corrected chi connectivity index (χ4v) is 2.63. The lowest BCUT2D eigenvalue weighted by molar-refractivity contribution is 0.0787. The van der Waals surface area contributed by atoms with E-state index in [1.54, 1.807) is 0 Å². The maximum atomic E-state index is 12.4. The van der Waals surface area contributed by atoms with Crippen LogP contribution in [0.1, 0.15) is 36.5 Å². The molecule has 0 aromatic heterocycles. The molecule has 1 amide bonds. The molecule has 98 valence electrons. The first-order valence-electron chi connectivity index (χ1n) is 6.61. The number of carbonyl (C=O) groups is 1. The molecule has 4 heteroatoms. The lowest BCUT2D eigenvalue weighted by Crippen LogP contribution is -2.29. The zero-order chi connectivity index (χ0) is 13.0. The third-order valence-corrected chi connectivity index (χ3v) is 3.58. The number of benzene rings is 1. The second kappa shape index (κ2) is 5.87. The molecule has 0 spiro atoms. The molecule has 1 fully saturated rings. The average molecular weight is 247 g/mol. The van der Waals surface area contributed by atoms with Crippen molar-refractivity contribution < 1.29 is 4.79 Å². The first-order chi connectivity index (χ1) is 8.76. The fraction of sp³-hybridized carbons (Fsp3) is 0.500. The van der Waals surface area contributed by atoms with Gasteiger partial charge in [-0.15, -0.1) is 0 Å². The number of nitrogens with two attached hydrogens (primary N) is 1. The van der Waals surface area contributed by atoms with Crippen LogP contribution >= 0.6 is 0 Å². The van der Waals surface area contributed by atoms with Gasteiger partial charge >= 0.3 is 0 Å². The summed E-state index contributed by atoms with van der Waals surface area (Å²) in [6, 6.07) is 7.39. The van der Waals surface area contributed by atoms with Gasteiger partial charge in [-0.1, -0.05) is 25.5 Å². The highest BCUT2D eigenvalue weighted by Gasteiger charge is 2.27. The normalized spacial score (nSPS) is 19.0. The first kappa shape index (κ1) is 12.9. The number of nitrogen functional groups attached to an aromatic ring is 1. The van der Waals surface area contributed by atoms with Crippen molar-refractivity contribution in [2.75, 3.05) is 18.5 Å². The zero-order valence-electron chi connectivity index (χ0n) is 10.9. The van der Waals surface area contributed by atoms with Gasteiger partial charge in [0.05, 0.1) is 11.3 Å². The maximum absolute atomic E-state index is 12.4. The van der Waals surface area contributed by atoms with Crippen LogP contribution in [0.5, 0.6) is 0 Å². The molecule has 1 unspecified atom stereocenters. The lowest BCUT2D eigenvalue weighted by atomic mass is 10.0. The standard InChI is InChI=1S/C14H21N3O/c1-2-5-11-8-9-17(10-11)14(18)12-6-3-4-7-13(12)16-15/h3-4,6-7,11,16H,2,5,8-10,15H2,1H3. The van der Waals surface area contributed by atoms with Crippen LogP contribution in [0.15, 0.2) is 24.3 Å². The summed E-state index contributed by atoms with van der Waals surface area (Å²) >= 11 is 0. The van der Waals surface area contributed by atoms with E-state index in [9.17, 15) is 4.79 Å². The molecule has 0 bridgehead atoms. The van der Waals surface area contributed by atoms with Crippen molar-refractivity contribution in [1.82, 2.24) is 4.90 Å². The van der Waals surface area contributed by atoms with Crippen molar-refractivity contribution in [2.45, 2.75) is 26.2 Å². The molecule has 0 aliphatic carbocycles. The molecule has 2 rings (SSSR count). The minimum Gasteiger partial charge on any atom is -0.338 e. The molecule has 1 aromatic rings. The SMILES string of the molecule is CCCC1CCN(C(=O)c2ccccc2NN)C1. The van der Waals surface area contributed by atoms with Gasteiger partial charge in [0.15, 0.2) is 0 Å². The van der Waals surface area contributed by atoms with Crippen molar-refractivity contribution in [3.05, 3.63) is 29.8 Å². The minimum absolute atomic E-state index is 0.0853. The molecule has 0 saturated carbocycles. The molecule has 3 N–H and O–H groups in total.